The minimum absolute atomic E-state index is 0.00149. The molecule has 0 aliphatic heterocycles. The van der Waals surface area contributed by atoms with E-state index in [9.17, 15) is 22.8 Å². The van der Waals surface area contributed by atoms with E-state index in [1.165, 1.54) is 30.6 Å². The summed E-state index contributed by atoms with van der Waals surface area (Å²) in [5, 5.41) is 5.12. The van der Waals surface area contributed by atoms with Gasteiger partial charge in [0.05, 0.1) is 16.7 Å². The Morgan fingerprint density at radius 3 is 2.37 bits per heavy atom. The van der Waals surface area contributed by atoms with Crippen molar-refractivity contribution >= 4 is 17.5 Å². The average Bonchev–Trinajstić information content (AvgIpc) is 2.61. The number of benzene rings is 1. The van der Waals surface area contributed by atoms with Crippen LogP contribution in [-0.4, -0.2) is 23.3 Å². The summed E-state index contributed by atoms with van der Waals surface area (Å²) in [5.41, 5.74) is -0.585. The Labute approximate surface area is 155 Å². The molecule has 27 heavy (non-hydrogen) atoms. The second kappa shape index (κ2) is 8.66. The van der Waals surface area contributed by atoms with Crippen molar-refractivity contribution in [1.29, 1.82) is 0 Å². The number of nitrogens with zero attached hydrogens (tertiary/aromatic N) is 1. The molecule has 0 aliphatic carbocycles. The maximum absolute atomic E-state index is 12.8. The van der Waals surface area contributed by atoms with Crippen LogP contribution in [-0.2, 0) is 6.18 Å². The second-order valence-electron chi connectivity index (χ2n) is 6.43. The van der Waals surface area contributed by atoms with Gasteiger partial charge in [-0.15, -0.1) is 0 Å². The smallest absolute Gasteiger partial charge is 0.352 e. The maximum atomic E-state index is 12.8. The van der Waals surface area contributed by atoms with Crippen LogP contribution in [0.3, 0.4) is 0 Å². The molecule has 0 fully saturated rings. The summed E-state index contributed by atoms with van der Waals surface area (Å²) in [6.07, 6.45) is -1.12. The van der Waals surface area contributed by atoms with Gasteiger partial charge in [0.25, 0.3) is 11.8 Å². The SMILES string of the molecule is CC(C)CCNC(=O)c1cncc(C(=O)Nc2cccc(C(F)(F)F)c2)c1. The molecule has 1 heterocycles. The van der Waals surface area contributed by atoms with Crippen LogP contribution in [0.15, 0.2) is 42.7 Å². The van der Waals surface area contributed by atoms with Crippen LogP contribution in [0.5, 0.6) is 0 Å². The molecule has 0 unspecified atom stereocenters. The monoisotopic (exact) mass is 379 g/mol. The Hall–Kier alpha value is -2.90. The zero-order valence-electron chi connectivity index (χ0n) is 14.9. The van der Waals surface area contributed by atoms with Gasteiger partial charge in [0.2, 0.25) is 0 Å². The summed E-state index contributed by atoms with van der Waals surface area (Å²) < 4.78 is 38.3. The van der Waals surface area contributed by atoms with Gasteiger partial charge in [-0.3, -0.25) is 14.6 Å². The number of aromatic nitrogens is 1. The van der Waals surface area contributed by atoms with E-state index in [2.05, 4.69) is 15.6 Å². The highest BCUT2D eigenvalue weighted by Gasteiger charge is 2.30. The van der Waals surface area contributed by atoms with Crippen molar-refractivity contribution in [1.82, 2.24) is 10.3 Å². The topological polar surface area (TPSA) is 71.1 Å². The number of anilines is 1. The summed E-state index contributed by atoms with van der Waals surface area (Å²) in [7, 11) is 0. The van der Waals surface area contributed by atoms with Crippen molar-refractivity contribution in [2.24, 2.45) is 5.92 Å². The van der Waals surface area contributed by atoms with Crippen LogP contribution >= 0.6 is 0 Å². The molecule has 0 spiro atoms. The van der Waals surface area contributed by atoms with Crippen LogP contribution < -0.4 is 10.6 Å². The lowest BCUT2D eigenvalue weighted by Crippen LogP contribution is -2.26. The molecule has 2 rings (SSSR count). The van der Waals surface area contributed by atoms with E-state index in [0.717, 1.165) is 18.6 Å². The fraction of sp³-hybridized carbons (Fsp3) is 0.316. The molecule has 5 nitrogen and oxygen atoms in total. The summed E-state index contributed by atoms with van der Waals surface area (Å²) >= 11 is 0. The third-order valence-corrected chi connectivity index (χ3v) is 3.72. The summed E-state index contributed by atoms with van der Waals surface area (Å²) in [6.45, 7) is 4.57. The van der Waals surface area contributed by atoms with Crippen LogP contribution in [0.4, 0.5) is 18.9 Å². The van der Waals surface area contributed by atoms with E-state index >= 15 is 0 Å². The highest BCUT2D eigenvalue weighted by Crippen LogP contribution is 2.30. The van der Waals surface area contributed by atoms with Gasteiger partial charge in [0, 0.05) is 24.6 Å². The van der Waals surface area contributed by atoms with E-state index in [1.807, 2.05) is 13.8 Å². The molecule has 0 atom stereocenters. The summed E-state index contributed by atoms with van der Waals surface area (Å²) in [4.78, 5) is 28.3. The predicted molar refractivity (Wildman–Crippen MR) is 95.4 cm³/mol. The first kappa shape index (κ1) is 20.4. The lowest BCUT2D eigenvalue weighted by Gasteiger charge is -2.10. The number of halogens is 3. The number of pyridine rings is 1. The Morgan fingerprint density at radius 1 is 1.07 bits per heavy atom. The van der Waals surface area contributed by atoms with E-state index < -0.39 is 17.6 Å². The second-order valence-corrected chi connectivity index (χ2v) is 6.43. The van der Waals surface area contributed by atoms with Crippen molar-refractivity contribution in [2.45, 2.75) is 26.4 Å². The Morgan fingerprint density at radius 2 is 1.74 bits per heavy atom. The van der Waals surface area contributed by atoms with E-state index in [-0.39, 0.29) is 22.7 Å². The van der Waals surface area contributed by atoms with Crippen molar-refractivity contribution in [3.63, 3.8) is 0 Å². The number of hydrogen-bond donors (Lipinski definition) is 2. The highest BCUT2D eigenvalue weighted by molar-refractivity contribution is 6.05. The van der Waals surface area contributed by atoms with Gasteiger partial charge in [0.1, 0.15) is 0 Å². The molecular formula is C19H20F3N3O2. The lowest BCUT2D eigenvalue weighted by molar-refractivity contribution is -0.137. The Kier molecular flexibility index (Phi) is 6.55. The normalized spacial score (nSPS) is 11.3. The predicted octanol–water partition coefficient (Wildman–Crippen LogP) is 4.13. The van der Waals surface area contributed by atoms with Crippen LogP contribution in [0.25, 0.3) is 0 Å². The third kappa shape index (κ3) is 6.09. The lowest BCUT2D eigenvalue weighted by atomic mass is 10.1. The first-order valence-corrected chi connectivity index (χ1v) is 8.38. The number of rotatable bonds is 6. The number of nitrogens with one attached hydrogen (secondary N) is 2. The molecular weight excluding hydrogens is 359 g/mol. The molecule has 0 saturated heterocycles. The molecule has 2 N–H and O–H groups in total. The largest absolute Gasteiger partial charge is 0.416 e. The minimum Gasteiger partial charge on any atom is -0.352 e. The number of amides is 2. The first-order valence-electron chi connectivity index (χ1n) is 8.38. The Balaban J connectivity index is 2.08. The maximum Gasteiger partial charge on any atom is 0.416 e. The number of carbonyl (C=O) groups excluding carboxylic acids is 2. The van der Waals surface area contributed by atoms with E-state index in [4.69, 9.17) is 0 Å². The molecule has 1 aromatic heterocycles. The minimum atomic E-state index is -4.50. The number of alkyl halides is 3. The molecule has 8 heteroatoms. The van der Waals surface area contributed by atoms with Gasteiger partial charge >= 0.3 is 6.18 Å². The average molecular weight is 379 g/mol. The molecule has 0 radical (unpaired) electrons. The van der Waals surface area contributed by atoms with Gasteiger partial charge in [-0.25, -0.2) is 0 Å². The van der Waals surface area contributed by atoms with E-state index in [0.29, 0.717) is 12.5 Å². The fourth-order valence-corrected chi connectivity index (χ4v) is 2.24. The molecule has 1 aromatic carbocycles. The van der Waals surface area contributed by atoms with Crippen LogP contribution in [0.2, 0.25) is 0 Å². The quantitative estimate of drug-likeness (QED) is 0.793. The van der Waals surface area contributed by atoms with Crippen LogP contribution in [0.1, 0.15) is 46.5 Å². The van der Waals surface area contributed by atoms with Crippen LogP contribution in [0, 0.1) is 5.92 Å². The zero-order valence-corrected chi connectivity index (χ0v) is 14.9. The molecule has 144 valence electrons. The highest BCUT2D eigenvalue weighted by atomic mass is 19.4. The van der Waals surface area contributed by atoms with Gasteiger partial charge < -0.3 is 10.6 Å². The standard InChI is InChI=1S/C19H20F3N3O2/c1-12(2)6-7-24-17(26)13-8-14(11-23-10-13)18(27)25-16-5-3-4-15(9-16)19(20,21)22/h3-5,8-12H,6-7H2,1-2H3,(H,24,26)(H,25,27). The molecule has 2 aromatic rings. The zero-order chi connectivity index (χ0) is 20.0. The van der Waals surface area contributed by atoms with Crippen molar-refractivity contribution in [2.75, 3.05) is 11.9 Å². The van der Waals surface area contributed by atoms with Crippen molar-refractivity contribution < 1.29 is 22.8 Å². The Bertz CT molecular complexity index is 820. The first-order chi connectivity index (χ1) is 12.7. The van der Waals surface area contributed by atoms with Crippen molar-refractivity contribution in [3.8, 4) is 0 Å². The molecule has 0 saturated carbocycles. The molecule has 2 amide bonds. The van der Waals surface area contributed by atoms with Gasteiger partial charge in [-0.2, -0.15) is 13.2 Å². The molecule has 0 bridgehead atoms. The fourth-order valence-electron chi connectivity index (χ4n) is 2.24. The third-order valence-electron chi connectivity index (χ3n) is 3.72. The molecule has 0 aliphatic rings. The van der Waals surface area contributed by atoms with Crippen molar-refractivity contribution in [3.05, 3.63) is 59.4 Å². The van der Waals surface area contributed by atoms with Gasteiger partial charge in [-0.1, -0.05) is 19.9 Å². The van der Waals surface area contributed by atoms with Gasteiger partial charge in [-0.05, 0) is 36.6 Å². The number of hydrogen-bond acceptors (Lipinski definition) is 3. The summed E-state index contributed by atoms with van der Waals surface area (Å²) in [5.74, 6) is -0.580. The summed E-state index contributed by atoms with van der Waals surface area (Å²) in [6, 6.07) is 5.66. The number of carbonyl (C=O) groups is 2. The van der Waals surface area contributed by atoms with E-state index in [1.54, 1.807) is 0 Å². The van der Waals surface area contributed by atoms with Gasteiger partial charge in [0.15, 0.2) is 0 Å².